The van der Waals surface area contributed by atoms with Crippen molar-refractivity contribution in [2.24, 2.45) is 0 Å². The van der Waals surface area contributed by atoms with Gasteiger partial charge >= 0.3 is 6.18 Å². The standard InChI is InChI=1S/C17H20F3N3O2/c1-11(24)22-14-4-6-16(17(18,19)20)23(10-14)9-12-3-5-15(25-2)13(7-12)8-21/h3,5,7,14,16H,4,6,9-10H2,1-2H3,(H,22,24)/t14-,16-/m0/s1. The molecule has 1 N–H and O–H groups in total. The second kappa shape index (κ2) is 7.74. The SMILES string of the molecule is COc1ccc(CN2C[C@@H](NC(C)=O)CC[C@H]2C(F)(F)F)cc1C#N. The Kier molecular flexibility index (Phi) is 5.90. The van der Waals surface area contributed by atoms with Gasteiger partial charge in [-0.25, -0.2) is 0 Å². The van der Waals surface area contributed by atoms with Crippen LogP contribution in [0.15, 0.2) is 18.2 Å². The van der Waals surface area contributed by atoms with Crippen LogP contribution in [-0.4, -0.2) is 42.7 Å². The molecule has 1 aliphatic heterocycles. The minimum absolute atomic E-state index is 0.0406. The monoisotopic (exact) mass is 355 g/mol. The fraction of sp³-hybridized carbons (Fsp3) is 0.529. The molecule has 1 aromatic carbocycles. The summed E-state index contributed by atoms with van der Waals surface area (Å²) in [6, 6.07) is 4.86. The van der Waals surface area contributed by atoms with Crippen LogP contribution in [0.1, 0.15) is 30.9 Å². The Bertz CT molecular complexity index is 670. The number of likely N-dealkylation sites (tertiary alicyclic amines) is 1. The molecular weight excluding hydrogens is 335 g/mol. The van der Waals surface area contributed by atoms with Crippen molar-refractivity contribution in [1.82, 2.24) is 10.2 Å². The third kappa shape index (κ3) is 4.86. The van der Waals surface area contributed by atoms with Crippen LogP contribution in [0.25, 0.3) is 0 Å². The van der Waals surface area contributed by atoms with Crippen LogP contribution in [0.2, 0.25) is 0 Å². The minimum Gasteiger partial charge on any atom is -0.495 e. The molecule has 1 heterocycles. The zero-order valence-electron chi connectivity index (χ0n) is 14.1. The molecule has 0 saturated carbocycles. The minimum atomic E-state index is -4.34. The Morgan fingerprint density at radius 3 is 2.72 bits per heavy atom. The summed E-state index contributed by atoms with van der Waals surface area (Å²) in [6.07, 6.45) is -4.13. The Balaban J connectivity index is 2.22. The summed E-state index contributed by atoms with van der Waals surface area (Å²) in [7, 11) is 1.43. The first kappa shape index (κ1) is 19.1. The van der Waals surface area contributed by atoms with Gasteiger partial charge in [-0.05, 0) is 30.5 Å². The number of nitrogens with zero attached hydrogens (tertiary/aromatic N) is 2. The third-order valence-electron chi connectivity index (χ3n) is 4.24. The summed E-state index contributed by atoms with van der Waals surface area (Å²) in [4.78, 5) is 12.5. The second-order valence-electron chi connectivity index (χ2n) is 6.11. The number of amides is 1. The van der Waals surface area contributed by atoms with E-state index in [2.05, 4.69) is 5.32 Å². The lowest BCUT2D eigenvalue weighted by atomic mass is 9.96. The number of hydrogen-bond acceptors (Lipinski definition) is 4. The van der Waals surface area contributed by atoms with Gasteiger partial charge < -0.3 is 10.1 Å². The lowest BCUT2D eigenvalue weighted by molar-refractivity contribution is -0.194. The highest BCUT2D eigenvalue weighted by Gasteiger charge is 2.46. The fourth-order valence-corrected chi connectivity index (χ4v) is 3.17. The van der Waals surface area contributed by atoms with Crippen LogP contribution in [0.4, 0.5) is 13.2 Å². The topological polar surface area (TPSA) is 65.4 Å². The molecule has 2 rings (SSSR count). The van der Waals surface area contributed by atoms with Gasteiger partial charge in [-0.1, -0.05) is 6.07 Å². The number of carbonyl (C=O) groups is 1. The predicted molar refractivity (Wildman–Crippen MR) is 84.8 cm³/mol. The summed E-state index contributed by atoms with van der Waals surface area (Å²) in [6.45, 7) is 1.50. The highest BCUT2D eigenvalue weighted by Crippen LogP contribution is 2.33. The van der Waals surface area contributed by atoms with Gasteiger partial charge in [0.25, 0.3) is 0 Å². The van der Waals surface area contributed by atoms with Gasteiger partial charge in [0, 0.05) is 26.1 Å². The Hall–Kier alpha value is -2.27. The maximum absolute atomic E-state index is 13.3. The second-order valence-corrected chi connectivity index (χ2v) is 6.11. The fourth-order valence-electron chi connectivity index (χ4n) is 3.17. The van der Waals surface area contributed by atoms with E-state index < -0.39 is 12.2 Å². The van der Waals surface area contributed by atoms with E-state index in [1.807, 2.05) is 6.07 Å². The molecule has 0 bridgehead atoms. The lowest BCUT2D eigenvalue weighted by Gasteiger charge is -2.40. The smallest absolute Gasteiger partial charge is 0.404 e. The van der Waals surface area contributed by atoms with Gasteiger partial charge in [-0.2, -0.15) is 18.4 Å². The summed E-state index contributed by atoms with van der Waals surface area (Å²) in [5.41, 5.74) is 0.869. The summed E-state index contributed by atoms with van der Waals surface area (Å²) in [5.74, 6) is 0.125. The average Bonchev–Trinajstić information content (AvgIpc) is 2.53. The average molecular weight is 355 g/mol. The summed E-state index contributed by atoms with van der Waals surface area (Å²) >= 11 is 0. The Morgan fingerprint density at radius 1 is 1.44 bits per heavy atom. The quantitative estimate of drug-likeness (QED) is 0.902. The Labute approximate surface area is 144 Å². The van der Waals surface area contributed by atoms with Crippen LogP contribution in [0, 0.1) is 11.3 Å². The summed E-state index contributed by atoms with van der Waals surface area (Å²) in [5, 5.41) is 11.8. The zero-order chi connectivity index (χ0) is 18.6. The Morgan fingerprint density at radius 2 is 2.16 bits per heavy atom. The molecule has 25 heavy (non-hydrogen) atoms. The van der Waals surface area contributed by atoms with Crippen LogP contribution >= 0.6 is 0 Å². The van der Waals surface area contributed by atoms with E-state index in [4.69, 9.17) is 10.00 Å². The van der Waals surface area contributed by atoms with E-state index >= 15 is 0 Å². The number of ether oxygens (including phenoxy) is 1. The van der Waals surface area contributed by atoms with Crippen LogP contribution in [-0.2, 0) is 11.3 Å². The van der Waals surface area contributed by atoms with E-state index in [9.17, 15) is 18.0 Å². The largest absolute Gasteiger partial charge is 0.495 e. The maximum atomic E-state index is 13.3. The normalized spacial score (nSPS) is 21.4. The number of methoxy groups -OCH3 is 1. The van der Waals surface area contributed by atoms with Crippen molar-refractivity contribution in [2.45, 2.75) is 44.6 Å². The first-order valence-corrected chi connectivity index (χ1v) is 7.89. The van der Waals surface area contributed by atoms with Gasteiger partial charge in [0.2, 0.25) is 5.91 Å². The predicted octanol–water partition coefficient (Wildman–Crippen LogP) is 2.60. The molecule has 8 heteroatoms. The van der Waals surface area contributed by atoms with Crippen molar-refractivity contribution in [3.8, 4) is 11.8 Å². The van der Waals surface area contributed by atoms with Crippen molar-refractivity contribution in [3.63, 3.8) is 0 Å². The van der Waals surface area contributed by atoms with Gasteiger partial charge in [0.05, 0.1) is 12.7 Å². The van der Waals surface area contributed by atoms with Crippen LogP contribution in [0.5, 0.6) is 5.75 Å². The number of carbonyl (C=O) groups excluding carboxylic acids is 1. The number of rotatable bonds is 4. The molecule has 5 nitrogen and oxygen atoms in total. The first-order valence-electron chi connectivity index (χ1n) is 7.89. The number of hydrogen-bond donors (Lipinski definition) is 1. The molecule has 0 aliphatic carbocycles. The van der Waals surface area contributed by atoms with Crippen LogP contribution in [0.3, 0.4) is 0 Å². The van der Waals surface area contributed by atoms with Gasteiger partial charge in [-0.3, -0.25) is 9.69 Å². The number of alkyl halides is 3. The van der Waals surface area contributed by atoms with Crippen molar-refractivity contribution in [3.05, 3.63) is 29.3 Å². The molecule has 0 aromatic heterocycles. The van der Waals surface area contributed by atoms with E-state index in [0.717, 1.165) is 0 Å². The molecule has 1 aromatic rings. The van der Waals surface area contributed by atoms with Crippen molar-refractivity contribution in [1.29, 1.82) is 5.26 Å². The van der Waals surface area contributed by atoms with Gasteiger partial charge in [-0.15, -0.1) is 0 Å². The molecule has 0 radical (unpaired) electrons. The molecule has 136 valence electrons. The lowest BCUT2D eigenvalue weighted by Crippen LogP contribution is -2.55. The molecule has 0 spiro atoms. The molecule has 1 saturated heterocycles. The molecule has 2 atom stereocenters. The highest BCUT2D eigenvalue weighted by atomic mass is 19.4. The molecule has 0 unspecified atom stereocenters. The number of benzene rings is 1. The van der Waals surface area contributed by atoms with Gasteiger partial charge in [0.1, 0.15) is 17.9 Å². The number of halogens is 3. The zero-order valence-corrected chi connectivity index (χ0v) is 14.1. The summed E-state index contributed by atoms with van der Waals surface area (Å²) < 4.78 is 45.1. The van der Waals surface area contributed by atoms with Gasteiger partial charge in [0.15, 0.2) is 0 Å². The van der Waals surface area contributed by atoms with E-state index in [1.165, 1.54) is 25.0 Å². The third-order valence-corrected chi connectivity index (χ3v) is 4.24. The molecule has 1 aliphatic rings. The van der Waals surface area contributed by atoms with E-state index in [-0.39, 0.29) is 43.4 Å². The number of nitriles is 1. The van der Waals surface area contributed by atoms with Crippen molar-refractivity contribution < 1.29 is 22.7 Å². The van der Waals surface area contributed by atoms with Crippen LogP contribution < -0.4 is 10.1 Å². The highest BCUT2D eigenvalue weighted by molar-refractivity contribution is 5.73. The van der Waals surface area contributed by atoms with Crippen molar-refractivity contribution >= 4 is 5.91 Å². The van der Waals surface area contributed by atoms with E-state index in [1.54, 1.807) is 12.1 Å². The van der Waals surface area contributed by atoms with Crippen molar-refractivity contribution in [2.75, 3.05) is 13.7 Å². The molecule has 1 amide bonds. The number of nitrogens with one attached hydrogen (secondary N) is 1. The first-order chi connectivity index (χ1) is 11.7. The number of piperidine rings is 1. The molecular formula is C17H20F3N3O2. The van der Waals surface area contributed by atoms with E-state index in [0.29, 0.717) is 11.3 Å². The molecule has 1 fully saturated rings. The maximum Gasteiger partial charge on any atom is 0.404 e.